The number of esters is 1. The largest absolute Gasteiger partial charge is 0.465 e. The Morgan fingerprint density at radius 1 is 0.875 bits per heavy atom. The van der Waals surface area contributed by atoms with Crippen LogP contribution in [-0.2, 0) is 19.6 Å². The smallest absolute Gasteiger partial charge is 0.337 e. The molecule has 9 heteroatoms. The van der Waals surface area contributed by atoms with Gasteiger partial charge >= 0.3 is 5.97 Å². The molecule has 0 fully saturated rings. The van der Waals surface area contributed by atoms with Crippen molar-refractivity contribution in [1.82, 2.24) is 0 Å². The number of anilines is 2. The van der Waals surface area contributed by atoms with Gasteiger partial charge in [0, 0.05) is 17.5 Å². The fourth-order valence-corrected chi connectivity index (χ4v) is 3.71. The van der Waals surface area contributed by atoms with Crippen LogP contribution >= 0.6 is 0 Å². The molecule has 0 aromatic heterocycles. The molecular weight excluding hydrogens is 435 g/mol. The number of nitrogens with one attached hydrogen (secondary N) is 2. The average Bonchev–Trinajstić information content (AvgIpc) is 2.79. The highest BCUT2D eigenvalue weighted by atomic mass is 32.2. The van der Waals surface area contributed by atoms with E-state index in [1.165, 1.54) is 37.5 Å². The van der Waals surface area contributed by atoms with Gasteiger partial charge in [0.1, 0.15) is 5.82 Å². The van der Waals surface area contributed by atoms with E-state index in [0.717, 1.165) is 17.7 Å². The first kappa shape index (κ1) is 22.7. The number of carbonyl (C=O) groups is 2. The van der Waals surface area contributed by atoms with Crippen molar-refractivity contribution in [3.63, 3.8) is 0 Å². The van der Waals surface area contributed by atoms with Crippen LogP contribution in [-0.4, -0.2) is 27.4 Å². The van der Waals surface area contributed by atoms with Gasteiger partial charge in [-0.2, -0.15) is 0 Å². The van der Waals surface area contributed by atoms with E-state index in [1.54, 1.807) is 42.5 Å². The van der Waals surface area contributed by atoms with E-state index in [4.69, 9.17) is 0 Å². The van der Waals surface area contributed by atoms with Gasteiger partial charge in [0.2, 0.25) is 5.91 Å². The van der Waals surface area contributed by atoms with Crippen molar-refractivity contribution >= 4 is 39.4 Å². The third-order valence-electron chi connectivity index (χ3n) is 4.29. The van der Waals surface area contributed by atoms with E-state index in [9.17, 15) is 22.4 Å². The molecule has 3 aromatic rings. The molecule has 1 amide bonds. The van der Waals surface area contributed by atoms with Gasteiger partial charge < -0.3 is 10.1 Å². The van der Waals surface area contributed by atoms with Gasteiger partial charge in [0.25, 0.3) is 10.0 Å². The lowest BCUT2D eigenvalue weighted by atomic mass is 10.1. The minimum Gasteiger partial charge on any atom is -0.465 e. The van der Waals surface area contributed by atoms with Crippen LogP contribution in [0.3, 0.4) is 0 Å². The predicted molar refractivity (Wildman–Crippen MR) is 119 cm³/mol. The number of halogens is 1. The van der Waals surface area contributed by atoms with Crippen molar-refractivity contribution in [2.45, 2.75) is 4.90 Å². The van der Waals surface area contributed by atoms with E-state index >= 15 is 0 Å². The summed E-state index contributed by atoms with van der Waals surface area (Å²) >= 11 is 0. The maximum atomic E-state index is 13.0. The molecule has 164 valence electrons. The first-order valence-corrected chi connectivity index (χ1v) is 10.8. The molecule has 0 aliphatic carbocycles. The topological polar surface area (TPSA) is 102 Å². The molecule has 0 unspecified atom stereocenters. The number of ether oxygens (including phenoxy) is 1. The summed E-state index contributed by atoms with van der Waals surface area (Å²) in [6.45, 7) is 0. The molecule has 0 bridgehead atoms. The maximum Gasteiger partial charge on any atom is 0.337 e. The van der Waals surface area contributed by atoms with Crippen molar-refractivity contribution in [1.29, 1.82) is 0 Å². The molecule has 0 atom stereocenters. The lowest BCUT2D eigenvalue weighted by molar-refractivity contribution is -0.111. The van der Waals surface area contributed by atoms with Crippen LogP contribution in [0.15, 0.2) is 83.8 Å². The van der Waals surface area contributed by atoms with Crippen molar-refractivity contribution in [3.8, 4) is 0 Å². The standard InChI is InChI=1S/C23H19FN2O5S/c1-31-23(28)17-5-2-16(3-6-17)4-15-22(27)25-19-9-11-20(12-10-19)26-32(29,30)21-13-7-18(24)8-14-21/h2-15,26H,1H3,(H,25,27)/b15-4+. The summed E-state index contributed by atoms with van der Waals surface area (Å²) in [6.07, 6.45) is 2.92. The van der Waals surface area contributed by atoms with Crippen molar-refractivity contribution in [2.75, 3.05) is 17.1 Å². The molecule has 2 N–H and O–H groups in total. The van der Waals surface area contributed by atoms with E-state index in [2.05, 4.69) is 14.8 Å². The number of methoxy groups -OCH3 is 1. The Kier molecular flexibility index (Phi) is 7.01. The summed E-state index contributed by atoms with van der Waals surface area (Å²) in [5.74, 6) is -1.36. The third-order valence-corrected chi connectivity index (χ3v) is 5.68. The van der Waals surface area contributed by atoms with Crippen molar-refractivity contribution in [3.05, 3.63) is 95.8 Å². The van der Waals surface area contributed by atoms with Gasteiger partial charge in [-0.05, 0) is 72.3 Å². The van der Waals surface area contributed by atoms with Crippen LogP contribution in [0.1, 0.15) is 15.9 Å². The fraction of sp³-hybridized carbons (Fsp3) is 0.0435. The van der Waals surface area contributed by atoms with Crippen LogP contribution < -0.4 is 10.0 Å². The Hall–Kier alpha value is -3.98. The lowest BCUT2D eigenvalue weighted by Gasteiger charge is -2.09. The fourth-order valence-electron chi connectivity index (χ4n) is 2.65. The van der Waals surface area contributed by atoms with Crippen LogP contribution in [0.4, 0.5) is 15.8 Å². The summed E-state index contributed by atoms with van der Waals surface area (Å²) in [4.78, 5) is 23.5. The summed E-state index contributed by atoms with van der Waals surface area (Å²) in [7, 11) is -2.56. The number of sulfonamides is 1. The molecular formula is C23H19FN2O5S. The molecule has 3 aromatic carbocycles. The number of benzene rings is 3. The number of hydrogen-bond donors (Lipinski definition) is 2. The minimum absolute atomic E-state index is 0.0685. The van der Waals surface area contributed by atoms with Crippen LogP contribution in [0, 0.1) is 5.82 Å². The molecule has 0 radical (unpaired) electrons. The molecule has 32 heavy (non-hydrogen) atoms. The van der Waals surface area contributed by atoms with Crippen LogP contribution in [0.5, 0.6) is 0 Å². The number of amides is 1. The number of rotatable bonds is 7. The SMILES string of the molecule is COC(=O)c1ccc(/C=C/C(=O)Nc2ccc(NS(=O)(=O)c3ccc(F)cc3)cc2)cc1. The zero-order valence-electron chi connectivity index (χ0n) is 16.9. The maximum absolute atomic E-state index is 13.0. The highest BCUT2D eigenvalue weighted by Crippen LogP contribution is 2.19. The first-order valence-electron chi connectivity index (χ1n) is 9.33. The molecule has 3 rings (SSSR count). The second-order valence-corrected chi connectivity index (χ2v) is 8.26. The molecule has 0 spiro atoms. The second kappa shape index (κ2) is 9.88. The predicted octanol–water partition coefficient (Wildman–Crippen LogP) is 4.07. The quantitative estimate of drug-likeness (QED) is 0.414. The Bertz CT molecular complexity index is 1240. The number of hydrogen-bond acceptors (Lipinski definition) is 5. The van der Waals surface area contributed by atoms with Gasteiger partial charge in [-0.3, -0.25) is 9.52 Å². The van der Waals surface area contributed by atoms with Crippen molar-refractivity contribution in [2.24, 2.45) is 0 Å². The van der Waals surface area contributed by atoms with Crippen LogP contribution in [0.25, 0.3) is 6.08 Å². The summed E-state index contributed by atoms with van der Waals surface area (Å²) in [6, 6.07) is 17.1. The monoisotopic (exact) mass is 454 g/mol. The Labute approximate surface area is 184 Å². The molecule has 0 aliphatic heterocycles. The van der Waals surface area contributed by atoms with Gasteiger partial charge in [0.05, 0.1) is 17.6 Å². The van der Waals surface area contributed by atoms with Crippen molar-refractivity contribution < 1.29 is 27.1 Å². The average molecular weight is 454 g/mol. The summed E-state index contributed by atoms with van der Waals surface area (Å²) in [5, 5.41) is 2.66. The lowest BCUT2D eigenvalue weighted by Crippen LogP contribution is -2.13. The highest BCUT2D eigenvalue weighted by molar-refractivity contribution is 7.92. The molecule has 0 saturated carbocycles. The first-order chi connectivity index (χ1) is 15.3. The molecule has 0 heterocycles. The zero-order valence-corrected chi connectivity index (χ0v) is 17.7. The molecule has 0 saturated heterocycles. The van der Waals surface area contributed by atoms with E-state index < -0.39 is 21.8 Å². The van der Waals surface area contributed by atoms with E-state index in [-0.39, 0.29) is 16.5 Å². The minimum atomic E-state index is -3.86. The highest BCUT2D eigenvalue weighted by Gasteiger charge is 2.14. The van der Waals surface area contributed by atoms with Gasteiger partial charge in [-0.25, -0.2) is 17.6 Å². The Morgan fingerprint density at radius 3 is 2.06 bits per heavy atom. The van der Waals surface area contributed by atoms with Crippen LogP contribution in [0.2, 0.25) is 0 Å². The van der Waals surface area contributed by atoms with Gasteiger partial charge in [-0.15, -0.1) is 0 Å². The summed E-state index contributed by atoms with van der Waals surface area (Å²) < 4.78 is 44.7. The number of carbonyl (C=O) groups excluding carboxylic acids is 2. The van der Waals surface area contributed by atoms with E-state index in [1.807, 2.05) is 0 Å². The third kappa shape index (κ3) is 6.02. The van der Waals surface area contributed by atoms with E-state index in [0.29, 0.717) is 11.3 Å². The molecule has 0 aliphatic rings. The zero-order chi connectivity index (χ0) is 23.1. The normalized spacial score (nSPS) is 11.2. The molecule has 7 nitrogen and oxygen atoms in total. The Balaban J connectivity index is 1.59. The second-order valence-electron chi connectivity index (χ2n) is 6.57. The summed E-state index contributed by atoms with van der Waals surface area (Å²) in [5.41, 5.74) is 1.88. The Morgan fingerprint density at radius 2 is 1.47 bits per heavy atom. The van der Waals surface area contributed by atoms with Gasteiger partial charge in [-0.1, -0.05) is 12.1 Å². The van der Waals surface area contributed by atoms with Gasteiger partial charge in [0.15, 0.2) is 0 Å².